The molecule has 3 nitrogen and oxygen atoms in total. The van der Waals surface area contributed by atoms with Gasteiger partial charge in [0.2, 0.25) is 0 Å². The molecule has 0 unspecified atom stereocenters. The van der Waals surface area contributed by atoms with E-state index in [4.69, 9.17) is 4.74 Å². The van der Waals surface area contributed by atoms with Crippen LogP contribution in [-0.4, -0.2) is 18.8 Å². The lowest BCUT2D eigenvalue weighted by molar-refractivity contribution is -0.154. The Hall–Kier alpha value is -3.16. The zero-order valence-electron chi connectivity index (χ0n) is 15.9. The number of aryl methyl sites for hydroxylation is 1. The van der Waals surface area contributed by atoms with Gasteiger partial charge in [0.25, 0.3) is 0 Å². The number of ether oxygens (including phenoxy) is 2. The fraction of sp³-hybridized carbons (Fsp3) is 0.227. The van der Waals surface area contributed by atoms with Crippen LogP contribution in [0.2, 0.25) is 0 Å². The van der Waals surface area contributed by atoms with Crippen molar-refractivity contribution in [3.05, 3.63) is 71.3 Å². The molecule has 0 aliphatic rings. The first-order chi connectivity index (χ1) is 14.2. The number of hydrogen-bond donors (Lipinski definition) is 0. The minimum atomic E-state index is -4.74. The molecule has 158 valence electrons. The molecule has 0 amide bonds. The zero-order valence-corrected chi connectivity index (χ0v) is 15.9. The highest BCUT2D eigenvalue weighted by atomic mass is 19.4. The first-order valence-electron chi connectivity index (χ1n) is 9.10. The molecule has 0 spiro atoms. The Bertz CT molecular complexity index is 1060. The average molecular weight is 424 g/mol. The number of benzene rings is 3. The van der Waals surface area contributed by atoms with Crippen LogP contribution in [0.3, 0.4) is 0 Å². The van der Waals surface area contributed by atoms with Gasteiger partial charge < -0.3 is 9.47 Å². The molecule has 0 heterocycles. The second kappa shape index (κ2) is 8.69. The van der Waals surface area contributed by atoms with Gasteiger partial charge in [0.15, 0.2) is 24.0 Å². The highest BCUT2D eigenvalue weighted by molar-refractivity contribution is 5.92. The first-order valence-corrected chi connectivity index (χ1v) is 9.10. The summed E-state index contributed by atoms with van der Waals surface area (Å²) >= 11 is 0. The third kappa shape index (κ3) is 5.06. The van der Waals surface area contributed by atoms with Crippen LogP contribution in [0.4, 0.5) is 22.0 Å². The maximum atomic E-state index is 14.4. The third-order valence-corrected chi connectivity index (χ3v) is 4.28. The Kier molecular flexibility index (Phi) is 6.24. The predicted molar refractivity (Wildman–Crippen MR) is 101 cm³/mol. The molecule has 0 saturated carbocycles. The summed E-state index contributed by atoms with van der Waals surface area (Å²) in [5.74, 6) is -4.29. The van der Waals surface area contributed by atoms with Crippen molar-refractivity contribution in [2.75, 3.05) is 6.61 Å². The predicted octanol–water partition coefficient (Wildman–Crippen LogP) is 6.23. The van der Waals surface area contributed by atoms with E-state index in [9.17, 15) is 26.7 Å². The summed E-state index contributed by atoms with van der Waals surface area (Å²) in [5.41, 5.74) is 1.39. The van der Waals surface area contributed by atoms with Crippen LogP contribution < -0.4 is 9.47 Å². The lowest BCUT2D eigenvalue weighted by atomic mass is 10.1. The van der Waals surface area contributed by atoms with Crippen LogP contribution in [0.5, 0.6) is 11.5 Å². The van der Waals surface area contributed by atoms with Gasteiger partial charge in [0.1, 0.15) is 5.75 Å². The van der Waals surface area contributed by atoms with Gasteiger partial charge in [-0.15, -0.1) is 0 Å². The van der Waals surface area contributed by atoms with E-state index in [2.05, 4.69) is 4.74 Å². The Morgan fingerprint density at radius 1 is 1.00 bits per heavy atom. The third-order valence-electron chi connectivity index (χ3n) is 4.28. The molecule has 8 heteroatoms. The van der Waals surface area contributed by atoms with Crippen molar-refractivity contribution in [3.8, 4) is 11.5 Å². The van der Waals surface area contributed by atoms with Crippen LogP contribution in [-0.2, 0) is 6.42 Å². The number of rotatable bonds is 6. The molecular formula is C22H17F5O3. The Morgan fingerprint density at radius 3 is 2.33 bits per heavy atom. The van der Waals surface area contributed by atoms with Gasteiger partial charge in [-0.3, -0.25) is 0 Å². The molecule has 0 saturated heterocycles. The van der Waals surface area contributed by atoms with Crippen molar-refractivity contribution in [1.82, 2.24) is 0 Å². The lowest BCUT2D eigenvalue weighted by Gasteiger charge is -2.13. The minimum absolute atomic E-state index is 0.00736. The maximum absolute atomic E-state index is 14.4. The summed E-state index contributed by atoms with van der Waals surface area (Å²) in [6.07, 6.45) is -2.89. The fourth-order valence-corrected chi connectivity index (χ4v) is 2.90. The van der Waals surface area contributed by atoms with E-state index in [0.717, 1.165) is 24.5 Å². The molecule has 0 radical (unpaired) electrons. The van der Waals surface area contributed by atoms with Crippen LogP contribution in [0.25, 0.3) is 10.8 Å². The van der Waals surface area contributed by atoms with Gasteiger partial charge in [0, 0.05) is 5.39 Å². The quantitative estimate of drug-likeness (QED) is 0.267. The normalized spacial score (nSPS) is 11.5. The summed E-state index contributed by atoms with van der Waals surface area (Å²) in [6, 6.07) is 11.4. The number of halogens is 5. The van der Waals surface area contributed by atoms with Crippen molar-refractivity contribution in [2.24, 2.45) is 0 Å². The summed E-state index contributed by atoms with van der Waals surface area (Å²) in [5, 5.41) is -0.162. The second-order valence-corrected chi connectivity index (χ2v) is 6.62. The Morgan fingerprint density at radius 2 is 1.70 bits per heavy atom. The van der Waals surface area contributed by atoms with Gasteiger partial charge in [0.05, 0.1) is 5.56 Å². The Balaban J connectivity index is 1.82. The monoisotopic (exact) mass is 424 g/mol. The number of esters is 1. The van der Waals surface area contributed by atoms with Gasteiger partial charge in [-0.1, -0.05) is 25.5 Å². The van der Waals surface area contributed by atoms with Crippen molar-refractivity contribution in [1.29, 1.82) is 0 Å². The number of alkyl halides is 3. The van der Waals surface area contributed by atoms with Crippen LogP contribution in [0, 0.1) is 11.6 Å². The standard InChI is InChI=1S/C22H17F5O3/c1-2-3-13-4-6-14(7-5-13)21(28)30-16-8-9-17-15(10-16)11-18(23)20(19(17)24)29-12-22(25,26)27/h4-11H,2-3,12H2,1H3. The molecule has 3 aromatic rings. The topological polar surface area (TPSA) is 35.5 Å². The van der Waals surface area contributed by atoms with Gasteiger partial charge in [-0.05, 0) is 53.8 Å². The zero-order chi connectivity index (χ0) is 21.9. The molecule has 0 aliphatic heterocycles. The highest BCUT2D eigenvalue weighted by Gasteiger charge is 2.30. The summed E-state index contributed by atoms with van der Waals surface area (Å²) in [6.45, 7) is 0.220. The van der Waals surface area contributed by atoms with E-state index in [1.54, 1.807) is 12.1 Å². The Labute approximate surface area is 169 Å². The number of carbonyl (C=O) groups excluding carboxylic acids is 1. The molecular weight excluding hydrogens is 407 g/mol. The van der Waals surface area contributed by atoms with Crippen molar-refractivity contribution in [2.45, 2.75) is 25.9 Å². The SMILES string of the molecule is CCCc1ccc(C(=O)Oc2ccc3c(F)c(OCC(F)(F)F)c(F)cc3c2)cc1. The molecule has 0 bridgehead atoms. The fourth-order valence-electron chi connectivity index (χ4n) is 2.90. The van der Waals surface area contributed by atoms with Gasteiger partial charge in [-0.2, -0.15) is 13.2 Å². The molecule has 0 atom stereocenters. The number of hydrogen-bond acceptors (Lipinski definition) is 3. The summed E-state index contributed by atoms with van der Waals surface area (Å²) in [7, 11) is 0. The van der Waals surface area contributed by atoms with Crippen LogP contribution in [0.1, 0.15) is 29.3 Å². The average Bonchev–Trinajstić information content (AvgIpc) is 2.67. The van der Waals surface area contributed by atoms with Gasteiger partial charge in [-0.25, -0.2) is 13.6 Å². The molecule has 3 aromatic carbocycles. The van der Waals surface area contributed by atoms with E-state index in [0.29, 0.717) is 5.56 Å². The van der Waals surface area contributed by atoms with Crippen LogP contribution in [0.15, 0.2) is 48.5 Å². The number of carbonyl (C=O) groups is 1. The molecule has 0 fully saturated rings. The largest absolute Gasteiger partial charge is 0.478 e. The summed E-state index contributed by atoms with van der Waals surface area (Å²) < 4.78 is 74.8. The first kappa shape index (κ1) is 21.5. The van der Waals surface area contributed by atoms with E-state index < -0.39 is 36.1 Å². The molecule has 3 rings (SSSR count). The van der Waals surface area contributed by atoms with E-state index >= 15 is 0 Å². The molecule has 0 N–H and O–H groups in total. The van der Waals surface area contributed by atoms with E-state index in [1.807, 2.05) is 19.1 Å². The van der Waals surface area contributed by atoms with E-state index in [1.165, 1.54) is 18.2 Å². The van der Waals surface area contributed by atoms with Crippen molar-refractivity contribution in [3.63, 3.8) is 0 Å². The van der Waals surface area contributed by atoms with Crippen molar-refractivity contribution >= 4 is 16.7 Å². The molecule has 0 aromatic heterocycles. The van der Waals surface area contributed by atoms with Crippen molar-refractivity contribution < 1.29 is 36.2 Å². The minimum Gasteiger partial charge on any atom is -0.478 e. The van der Waals surface area contributed by atoms with E-state index in [-0.39, 0.29) is 16.5 Å². The molecule has 30 heavy (non-hydrogen) atoms. The summed E-state index contributed by atoms with van der Waals surface area (Å²) in [4.78, 5) is 12.3. The smallest absolute Gasteiger partial charge is 0.422 e. The maximum Gasteiger partial charge on any atom is 0.422 e. The van der Waals surface area contributed by atoms with Crippen LogP contribution >= 0.6 is 0 Å². The second-order valence-electron chi connectivity index (χ2n) is 6.62. The number of fused-ring (bicyclic) bond motifs is 1. The lowest BCUT2D eigenvalue weighted by Crippen LogP contribution is -2.20. The molecule has 0 aliphatic carbocycles. The highest BCUT2D eigenvalue weighted by Crippen LogP contribution is 2.33. The van der Waals surface area contributed by atoms with Gasteiger partial charge >= 0.3 is 12.1 Å².